The van der Waals surface area contributed by atoms with E-state index in [-0.39, 0.29) is 15.8 Å². The molecule has 0 heterocycles. The molecule has 0 amide bonds. The topological polar surface area (TPSA) is 24.7 Å². The van der Waals surface area contributed by atoms with Gasteiger partial charge in [-0.1, -0.05) is 25.1 Å². The summed E-state index contributed by atoms with van der Waals surface area (Å²) in [5.74, 6) is 0. The number of allylic oxidation sites excluding steroid dienone is 6. The van der Waals surface area contributed by atoms with Crippen molar-refractivity contribution in [3.8, 4) is 0 Å². The van der Waals surface area contributed by atoms with Gasteiger partial charge in [0.25, 0.3) is 0 Å². The molecular weight excluding hydrogens is 544 g/mol. The van der Waals surface area contributed by atoms with Gasteiger partial charge < -0.3 is 0 Å². The number of hydrogen-bond acceptors (Lipinski definition) is 2. The van der Waals surface area contributed by atoms with Crippen LogP contribution >= 0.6 is 25.4 Å². The summed E-state index contributed by atoms with van der Waals surface area (Å²) in [4.78, 5) is 0. The van der Waals surface area contributed by atoms with Crippen molar-refractivity contribution in [2.75, 3.05) is 37.0 Å². The van der Waals surface area contributed by atoms with E-state index in [1.807, 2.05) is 68.0 Å². The first-order chi connectivity index (χ1) is 15.6. The van der Waals surface area contributed by atoms with Crippen LogP contribution in [-0.2, 0) is 18.2 Å². The molecule has 0 aromatic heterocycles. The van der Waals surface area contributed by atoms with E-state index < -0.39 is 0 Å². The Morgan fingerprint density at radius 1 is 0.812 bits per heavy atom. The van der Waals surface area contributed by atoms with E-state index in [2.05, 4.69) is 79.5 Å². The van der Waals surface area contributed by atoms with E-state index in [0.29, 0.717) is 0 Å². The zero-order chi connectivity index (χ0) is 24.6. The number of rotatable bonds is 8. The second kappa shape index (κ2) is 25.3. The molecule has 184 valence electrons. The Balaban J connectivity index is 0. The third-order valence-electron chi connectivity index (χ3n) is 5.26. The predicted octanol–water partition coefficient (Wildman–Crippen LogP) is 9.58. The van der Waals surface area contributed by atoms with Crippen LogP contribution in [0.3, 0.4) is 0 Å². The standard InChI is InChI=1S/C14H13N2.2C6H15P.ClH.Pd/c1-12(13-8-4-2-5-9-13)15-16-14-10-6-3-7-11-14;2*1-4-7(5-2)6-3;;/h2-11H,1H3;2*4-6H2,1-3H3;1H;/q-1;;;;+2/p+1. The zero-order valence-electron chi connectivity index (χ0n) is 21.1. The normalized spacial score (nSPS) is 13.5. The van der Waals surface area contributed by atoms with E-state index in [1.165, 1.54) is 37.0 Å². The summed E-state index contributed by atoms with van der Waals surface area (Å²) in [5, 5.41) is 8.38. The van der Waals surface area contributed by atoms with Crippen molar-refractivity contribution in [2.45, 2.75) is 48.5 Å². The van der Waals surface area contributed by atoms with Gasteiger partial charge >= 0.3 is 27.7 Å². The molecule has 0 aliphatic heterocycles. The summed E-state index contributed by atoms with van der Waals surface area (Å²) >= 11 is 2.22. The molecule has 32 heavy (non-hydrogen) atoms. The average Bonchev–Trinajstić information content (AvgIpc) is 2.88. The van der Waals surface area contributed by atoms with Crippen LogP contribution in [0.5, 0.6) is 0 Å². The molecule has 1 aliphatic carbocycles. The zero-order valence-corrected chi connectivity index (χ0v) is 25.4. The van der Waals surface area contributed by atoms with Crippen LogP contribution in [-0.4, -0.2) is 37.0 Å². The molecule has 0 radical (unpaired) electrons. The van der Waals surface area contributed by atoms with Crippen LogP contribution in [0.4, 0.5) is 5.69 Å². The second-order valence-corrected chi connectivity index (χ2v) is 14.4. The molecule has 0 fully saturated rings. The number of hydrogen-bond donors (Lipinski definition) is 0. The second-order valence-electron chi connectivity index (χ2n) is 7.11. The third kappa shape index (κ3) is 18.2. The first kappa shape index (κ1) is 33.9. The Kier molecular flexibility index (Phi) is 26.8. The SMILES string of the molecule is CC(N=Nc1ccccc1)=C1C=CC=C[CH-]1.CC[PH+](CC)CC.CC[PH+](CC)CC.[Cl][Pd+]. The number of halogens is 1. The monoisotopic (exact) mass is 588 g/mol. The van der Waals surface area contributed by atoms with Gasteiger partial charge in [-0.25, -0.2) is 5.11 Å². The summed E-state index contributed by atoms with van der Waals surface area (Å²) in [6.45, 7) is 15.8. The quantitative estimate of drug-likeness (QED) is 0.125. The van der Waals surface area contributed by atoms with Gasteiger partial charge in [-0.3, -0.25) is 0 Å². The molecular formula is C26H45ClN2P2Pd+2. The molecule has 6 heteroatoms. The van der Waals surface area contributed by atoms with E-state index in [9.17, 15) is 0 Å². The van der Waals surface area contributed by atoms with Crippen LogP contribution < -0.4 is 0 Å². The average molecular weight is 589 g/mol. The molecule has 2 rings (SSSR count). The van der Waals surface area contributed by atoms with Crippen molar-refractivity contribution in [1.29, 1.82) is 0 Å². The van der Waals surface area contributed by atoms with Gasteiger partial charge in [-0.2, -0.15) is 5.11 Å². The van der Waals surface area contributed by atoms with Crippen LogP contribution in [0.25, 0.3) is 0 Å². The summed E-state index contributed by atoms with van der Waals surface area (Å²) in [6, 6.07) is 9.73. The van der Waals surface area contributed by atoms with Crippen LogP contribution in [0, 0.1) is 6.42 Å². The molecule has 2 nitrogen and oxygen atoms in total. The Morgan fingerprint density at radius 3 is 1.62 bits per heavy atom. The van der Waals surface area contributed by atoms with Crippen molar-refractivity contribution in [3.05, 3.63) is 72.3 Å². The van der Waals surface area contributed by atoms with Crippen LogP contribution in [0.1, 0.15) is 48.5 Å². The van der Waals surface area contributed by atoms with Crippen molar-refractivity contribution in [2.24, 2.45) is 10.2 Å². The Hall–Kier alpha value is -0.278. The van der Waals surface area contributed by atoms with Gasteiger partial charge in [0.05, 0.1) is 42.7 Å². The van der Waals surface area contributed by atoms with Crippen molar-refractivity contribution < 1.29 is 18.2 Å². The van der Waals surface area contributed by atoms with Crippen molar-refractivity contribution in [3.63, 3.8) is 0 Å². The molecule has 1 aliphatic rings. The molecule has 0 saturated carbocycles. The van der Waals surface area contributed by atoms with Gasteiger partial charge in [-0.05, 0) is 75.2 Å². The fourth-order valence-corrected chi connectivity index (χ4v) is 5.86. The van der Waals surface area contributed by atoms with Gasteiger partial charge in [-0.15, -0.1) is 36.3 Å². The predicted molar refractivity (Wildman–Crippen MR) is 152 cm³/mol. The Labute approximate surface area is 216 Å². The number of nitrogens with zero attached hydrogens (tertiary/aromatic N) is 2. The number of benzene rings is 1. The van der Waals surface area contributed by atoms with Gasteiger partial charge in [0.15, 0.2) is 0 Å². The maximum atomic E-state index is 4.49. The third-order valence-corrected chi connectivity index (χ3v) is 11.3. The molecule has 0 N–H and O–H groups in total. The first-order valence-electron chi connectivity index (χ1n) is 11.7. The minimum absolute atomic E-state index is 0.137. The molecule has 1 aromatic rings. The van der Waals surface area contributed by atoms with Gasteiger partial charge in [0.2, 0.25) is 0 Å². The van der Waals surface area contributed by atoms with E-state index >= 15 is 0 Å². The summed E-state index contributed by atoms with van der Waals surface area (Å²) in [6.07, 6.45) is 18.8. The number of azo groups is 1. The summed E-state index contributed by atoms with van der Waals surface area (Å²) in [7, 11) is 4.76. The summed E-state index contributed by atoms with van der Waals surface area (Å²) in [5.41, 5.74) is 2.89. The molecule has 0 bridgehead atoms. The molecule has 0 unspecified atom stereocenters. The fraction of sp³-hybridized carbons (Fsp3) is 0.500. The maximum absolute atomic E-state index is 4.49. The van der Waals surface area contributed by atoms with Crippen molar-refractivity contribution >= 4 is 31.1 Å². The van der Waals surface area contributed by atoms with E-state index in [4.69, 9.17) is 0 Å². The van der Waals surface area contributed by atoms with Crippen molar-refractivity contribution in [1.82, 2.24) is 0 Å². The van der Waals surface area contributed by atoms with E-state index in [1.54, 1.807) is 0 Å². The van der Waals surface area contributed by atoms with Gasteiger partial charge in [0.1, 0.15) is 0 Å². The van der Waals surface area contributed by atoms with Crippen LogP contribution in [0.15, 0.2) is 76.1 Å². The Morgan fingerprint density at radius 2 is 1.28 bits per heavy atom. The minimum atomic E-state index is 0.137. The fourth-order valence-electron chi connectivity index (χ4n) is 2.86. The first-order valence-corrected chi connectivity index (χ1v) is 17.9. The molecule has 0 spiro atoms. The van der Waals surface area contributed by atoms with Gasteiger partial charge in [0, 0.05) is 0 Å². The van der Waals surface area contributed by atoms with Crippen LogP contribution in [0.2, 0.25) is 0 Å². The summed E-state index contributed by atoms with van der Waals surface area (Å²) < 4.78 is 0. The molecule has 0 saturated heterocycles. The molecule has 1 aromatic carbocycles. The molecule has 0 atom stereocenters. The Bertz CT molecular complexity index is 630. The van der Waals surface area contributed by atoms with E-state index in [0.717, 1.165) is 17.0 Å².